The fraction of sp³-hybridized carbons (Fsp3) is 0.0952. The summed E-state index contributed by atoms with van der Waals surface area (Å²) in [7, 11) is 3.08. The van der Waals surface area contributed by atoms with Crippen LogP contribution in [-0.2, 0) is 0 Å². The second-order valence-electron chi connectivity index (χ2n) is 6.03. The Kier molecular flexibility index (Phi) is 4.63. The third-order valence-corrected chi connectivity index (χ3v) is 4.33. The van der Waals surface area contributed by atoms with Gasteiger partial charge in [-0.15, -0.1) is 0 Å². The fourth-order valence-electron chi connectivity index (χ4n) is 2.94. The quantitative estimate of drug-likeness (QED) is 0.553. The lowest BCUT2D eigenvalue weighted by atomic mass is 10.1. The number of fused-ring (bicyclic) bond motifs is 1. The van der Waals surface area contributed by atoms with E-state index in [-0.39, 0.29) is 5.91 Å². The lowest BCUT2D eigenvalue weighted by Gasteiger charge is -2.12. The van der Waals surface area contributed by atoms with Crippen molar-refractivity contribution in [3.63, 3.8) is 0 Å². The molecule has 0 fully saturated rings. The number of imidazole rings is 1. The third kappa shape index (κ3) is 3.25. The van der Waals surface area contributed by atoms with Crippen molar-refractivity contribution in [1.29, 1.82) is 0 Å². The third-order valence-electron chi connectivity index (χ3n) is 4.33. The molecule has 0 bridgehead atoms. The van der Waals surface area contributed by atoms with Gasteiger partial charge in [0.05, 0.1) is 25.4 Å². The second kappa shape index (κ2) is 7.40. The van der Waals surface area contributed by atoms with Crippen LogP contribution in [0.3, 0.4) is 0 Å². The molecule has 2 N–H and O–H groups in total. The van der Waals surface area contributed by atoms with Gasteiger partial charge in [-0.05, 0) is 42.5 Å². The van der Waals surface area contributed by atoms with E-state index in [1.54, 1.807) is 31.5 Å². The topological polar surface area (TPSA) is 89.1 Å². The van der Waals surface area contributed by atoms with Gasteiger partial charge in [-0.2, -0.15) is 0 Å². The van der Waals surface area contributed by atoms with Crippen molar-refractivity contribution in [2.75, 3.05) is 19.5 Å². The number of nitrogens with one attached hydrogen (secondary N) is 2. The van der Waals surface area contributed by atoms with Gasteiger partial charge in [-0.25, -0.2) is 9.97 Å². The maximum absolute atomic E-state index is 12.8. The van der Waals surface area contributed by atoms with Gasteiger partial charge in [0, 0.05) is 17.3 Å². The number of hydrogen-bond donors (Lipinski definition) is 2. The number of amides is 1. The second-order valence-corrected chi connectivity index (χ2v) is 6.03. The summed E-state index contributed by atoms with van der Waals surface area (Å²) in [4.78, 5) is 24.8. The predicted molar refractivity (Wildman–Crippen MR) is 107 cm³/mol. The maximum Gasteiger partial charge on any atom is 0.255 e. The van der Waals surface area contributed by atoms with E-state index in [1.165, 1.54) is 7.11 Å². The Morgan fingerprint density at radius 1 is 1.00 bits per heavy atom. The number of hydrogen-bond acceptors (Lipinski definition) is 5. The average Bonchev–Trinajstić information content (AvgIpc) is 3.17. The highest BCUT2D eigenvalue weighted by Gasteiger charge is 2.15. The number of benzene rings is 2. The number of rotatable bonds is 5. The first-order chi connectivity index (χ1) is 13.7. The Balaban J connectivity index is 1.66. The Morgan fingerprint density at radius 2 is 1.82 bits per heavy atom. The molecule has 0 aliphatic heterocycles. The molecular weight excluding hydrogens is 356 g/mol. The maximum atomic E-state index is 12.8. The number of methoxy groups -OCH3 is 2. The highest BCUT2D eigenvalue weighted by atomic mass is 16.5. The van der Waals surface area contributed by atoms with E-state index < -0.39 is 0 Å². The summed E-state index contributed by atoms with van der Waals surface area (Å²) in [6, 6.07) is 16.2. The molecule has 4 rings (SSSR count). The van der Waals surface area contributed by atoms with Crippen molar-refractivity contribution in [3.8, 4) is 22.9 Å². The molecule has 0 unspecified atom stereocenters. The van der Waals surface area contributed by atoms with E-state index in [0.717, 1.165) is 11.1 Å². The average molecular weight is 374 g/mol. The van der Waals surface area contributed by atoms with E-state index in [0.29, 0.717) is 34.2 Å². The van der Waals surface area contributed by atoms with Crippen LogP contribution in [0.2, 0.25) is 0 Å². The van der Waals surface area contributed by atoms with Crippen LogP contribution in [0.25, 0.3) is 22.6 Å². The minimum absolute atomic E-state index is 0.261. The predicted octanol–water partition coefficient (Wildman–Crippen LogP) is 3.89. The molecule has 2 aromatic carbocycles. The number of nitrogens with zero attached hydrogens (tertiary/aromatic N) is 2. The number of pyridine rings is 1. The van der Waals surface area contributed by atoms with Crippen LogP contribution in [0.4, 0.5) is 5.69 Å². The molecule has 0 radical (unpaired) electrons. The highest BCUT2D eigenvalue weighted by Crippen LogP contribution is 2.30. The molecule has 7 nitrogen and oxygen atoms in total. The SMILES string of the molecule is COc1ccc(C(=O)Nc2ccccc2-c2nc3ncccc3[nH]2)cc1OC. The Bertz CT molecular complexity index is 1120. The van der Waals surface area contributed by atoms with Crippen LogP contribution in [0, 0.1) is 0 Å². The lowest BCUT2D eigenvalue weighted by molar-refractivity contribution is 0.102. The zero-order valence-corrected chi connectivity index (χ0v) is 15.4. The standard InChI is InChI=1S/C21H18N4O3/c1-27-17-10-9-13(12-18(17)28-2)21(26)24-15-7-4-3-6-14(15)19-23-16-8-5-11-22-20(16)25-19/h3-12H,1-2H3,(H,24,26)(H,22,23,25). The molecule has 2 aromatic heterocycles. The molecule has 0 saturated carbocycles. The fourth-order valence-corrected chi connectivity index (χ4v) is 2.94. The van der Waals surface area contributed by atoms with Crippen LogP contribution < -0.4 is 14.8 Å². The smallest absolute Gasteiger partial charge is 0.255 e. The molecular formula is C21H18N4O3. The van der Waals surface area contributed by atoms with Crippen molar-refractivity contribution in [2.24, 2.45) is 0 Å². The minimum Gasteiger partial charge on any atom is -0.493 e. The van der Waals surface area contributed by atoms with Crippen LogP contribution in [0.1, 0.15) is 10.4 Å². The monoisotopic (exact) mass is 374 g/mol. The lowest BCUT2D eigenvalue weighted by Crippen LogP contribution is -2.13. The van der Waals surface area contributed by atoms with E-state index >= 15 is 0 Å². The Hall–Kier alpha value is -3.87. The Morgan fingerprint density at radius 3 is 2.61 bits per heavy atom. The zero-order chi connectivity index (χ0) is 19.5. The van der Waals surface area contributed by atoms with Gasteiger partial charge < -0.3 is 19.8 Å². The molecule has 0 spiro atoms. The van der Waals surface area contributed by atoms with Gasteiger partial charge in [0.1, 0.15) is 5.82 Å². The summed E-state index contributed by atoms with van der Waals surface area (Å²) in [6.45, 7) is 0. The van der Waals surface area contributed by atoms with Crippen LogP contribution in [0.5, 0.6) is 11.5 Å². The molecule has 4 aromatic rings. The number of carbonyl (C=O) groups excluding carboxylic acids is 1. The number of carbonyl (C=O) groups is 1. The molecule has 0 atom stereocenters. The van der Waals surface area contributed by atoms with Crippen molar-refractivity contribution in [1.82, 2.24) is 15.0 Å². The molecule has 0 saturated heterocycles. The van der Waals surface area contributed by atoms with Crippen molar-refractivity contribution < 1.29 is 14.3 Å². The minimum atomic E-state index is -0.261. The molecule has 1 amide bonds. The van der Waals surface area contributed by atoms with Crippen LogP contribution in [-0.4, -0.2) is 35.1 Å². The van der Waals surface area contributed by atoms with Gasteiger partial charge in [0.2, 0.25) is 0 Å². The normalized spacial score (nSPS) is 10.6. The first-order valence-electron chi connectivity index (χ1n) is 8.63. The number of para-hydroxylation sites is 1. The van der Waals surface area contributed by atoms with Crippen molar-refractivity contribution in [3.05, 3.63) is 66.4 Å². The summed E-state index contributed by atoms with van der Waals surface area (Å²) < 4.78 is 10.5. The van der Waals surface area contributed by atoms with E-state index in [2.05, 4.69) is 20.3 Å². The summed E-state index contributed by atoms with van der Waals surface area (Å²) >= 11 is 0. The van der Waals surface area contributed by atoms with Crippen molar-refractivity contribution in [2.45, 2.75) is 0 Å². The first-order valence-corrected chi connectivity index (χ1v) is 8.63. The van der Waals surface area contributed by atoms with Gasteiger partial charge in [-0.1, -0.05) is 12.1 Å². The van der Waals surface area contributed by atoms with Gasteiger partial charge >= 0.3 is 0 Å². The molecule has 0 aliphatic carbocycles. The van der Waals surface area contributed by atoms with Crippen LogP contribution in [0.15, 0.2) is 60.8 Å². The number of aromatic amines is 1. The summed E-state index contributed by atoms with van der Waals surface area (Å²) in [5, 5.41) is 2.94. The molecule has 140 valence electrons. The Labute approximate surface area is 161 Å². The first kappa shape index (κ1) is 17.5. The number of ether oxygens (including phenoxy) is 2. The zero-order valence-electron chi connectivity index (χ0n) is 15.4. The number of H-pyrrole nitrogens is 1. The van der Waals surface area contributed by atoms with E-state index in [1.807, 2.05) is 36.4 Å². The summed E-state index contributed by atoms with van der Waals surface area (Å²) in [5.41, 5.74) is 3.33. The van der Waals surface area contributed by atoms with E-state index in [9.17, 15) is 4.79 Å². The molecule has 2 heterocycles. The van der Waals surface area contributed by atoms with Gasteiger partial charge in [0.15, 0.2) is 17.1 Å². The summed E-state index contributed by atoms with van der Waals surface area (Å²) in [5.74, 6) is 1.43. The van der Waals surface area contributed by atoms with Crippen LogP contribution >= 0.6 is 0 Å². The molecule has 28 heavy (non-hydrogen) atoms. The highest BCUT2D eigenvalue weighted by molar-refractivity contribution is 6.06. The molecule has 7 heteroatoms. The number of aromatic nitrogens is 3. The largest absolute Gasteiger partial charge is 0.493 e. The van der Waals surface area contributed by atoms with Gasteiger partial charge in [0.25, 0.3) is 5.91 Å². The number of anilines is 1. The van der Waals surface area contributed by atoms with E-state index in [4.69, 9.17) is 9.47 Å². The summed E-state index contributed by atoms with van der Waals surface area (Å²) in [6.07, 6.45) is 1.69. The van der Waals surface area contributed by atoms with Gasteiger partial charge in [-0.3, -0.25) is 4.79 Å². The van der Waals surface area contributed by atoms with Crippen molar-refractivity contribution >= 4 is 22.8 Å². The molecule has 0 aliphatic rings.